The number of aromatic nitrogens is 1. The maximum Gasteiger partial charge on any atom is 0.318 e. The molecule has 0 spiro atoms. The summed E-state index contributed by atoms with van der Waals surface area (Å²) in [7, 11) is 0. The third-order valence-corrected chi connectivity index (χ3v) is 2.97. The summed E-state index contributed by atoms with van der Waals surface area (Å²) in [6.45, 7) is 1.87. The molecule has 1 fully saturated rings. The molecule has 0 aromatic carbocycles. The van der Waals surface area contributed by atoms with Crippen molar-refractivity contribution in [1.82, 2.24) is 10.3 Å². The van der Waals surface area contributed by atoms with Crippen LogP contribution in [-0.4, -0.2) is 29.4 Å². The molecular weight excluding hydrogens is 248 g/mol. The van der Waals surface area contributed by atoms with Gasteiger partial charge in [0.1, 0.15) is 5.92 Å². The second kappa shape index (κ2) is 5.60. The number of amides is 2. The lowest BCUT2D eigenvalue weighted by Gasteiger charge is -2.25. The molecule has 1 saturated heterocycles. The van der Waals surface area contributed by atoms with Gasteiger partial charge in [-0.25, -0.2) is 0 Å². The van der Waals surface area contributed by atoms with Gasteiger partial charge in [0.25, 0.3) is 0 Å². The van der Waals surface area contributed by atoms with Crippen LogP contribution in [-0.2, 0) is 19.1 Å². The fourth-order valence-electron chi connectivity index (χ4n) is 2.03. The van der Waals surface area contributed by atoms with Crippen molar-refractivity contribution in [1.29, 1.82) is 0 Å². The van der Waals surface area contributed by atoms with Crippen molar-refractivity contribution in [2.24, 2.45) is 5.92 Å². The Bertz CT molecular complexity index is 501. The second-order valence-corrected chi connectivity index (χ2v) is 4.20. The van der Waals surface area contributed by atoms with E-state index in [0.717, 1.165) is 0 Å². The van der Waals surface area contributed by atoms with Gasteiger partial charge in [0.2, 0.25) is 11.8 Å². The lowest BCUT2D eigenvalue weighted by Crippen LogP contribution is -2.48. The average molecular weight is 262 g/mol. The van der Waals surface area contributed by atoms with Crippen LogP contribution in [0.25, 0.3) is 0 Å². The van der Waals surface area contributed by atoms with Gasteiger partial charge in [-0.2, -0.15) is 0 Å². The van der Waals surface area contributed by atoms with Crippen LogP contribution in [0.3, 0.4) is 0 Å². The third-order valence-electron chi connectivity index (χ3n) is 2.97. The highest BCUT2D eigenvalue weighted by Crippen LogP contribution is 2.27. The van der Waals surface area contributed by atoms with Gasteiger partial charge >= 0.3 is 5.97 Å². The molecule has 2 rings (SSSR count). The quantitative estimate of drug-likeness (QED) is 0.484. The van der Waals surface area contributed by atoms with E-state index in [4.69, 9.17) is 4.74 Å². The van der Waals surface area contributed by atoms with E-state index in [1.54, 1.807) is 31.3 Å². The maximum atomic E-state index is 11.8. The first-order valence-electron chi connectivity index (χ1n) is 6.05. The van der Waals surface area contributed by atoms with Crippen LogP contribution in [0.15, 0.2) is 24.4 Å². The predicted molar refractivity (Wildman–Crippen MR) is 64.9 cm³/mol. The Morgan fingerprint density at radius 1 is 1.42 bits per heavy atom. The zero-order valence-electron chi connectivity index (χ0n) is 10.5. The molecule has 0 bridgehead atoms. The van der Waals surface area contributed by atoms with E-state index in [2.05, 4.69) is 10.3 Å². The summed E-state index contributed by atoms with van der Waals surface area (Å²) >= 11 is 0. The van der Waals surface area contributed by atoms with E-state index in [1.807, 2.05) is 0 Å². The number of esters is 1. The van der Waals surface area contributed by atoms with Crippen molar-refractivity contribution in [3.05, 3.63) is 30.1 Å². The number of ether oxygens (including phenoxy) is 1. The SMILES string of the molecule is CCOC(=O)C1CC(c2ccccn2)C(=O)NC1=O. The number of hydrogen-bond acceptors (Lipinski definition) is 5. The summed E-state index contributed by atoms with van der Waals surface area (Å²) in [5, 5.41) is 2.20. The molecule has 0 saturated carbocycles. The largest absolute Gasteiger partial charge is 0.465 e. The fourth-order valence-corrected chi connectivity index (χ4v) is 2.03. The van der Waals surface area contributed by atoms with Gasteiger partial charge in [-0.05, 0) is 25.5 Å². The summed E-state index contributed by atoms with van der Waals surface area (Å²) in [5.41, 5.74) is 0.543. The molecule has 100 valence electrons. The number of rotatable bonds is 3. The van der Waals surface area contributed by atoms with Crippen LogP contribution in [0.1, 0.15) is 25.0 Å². The Labute approximate surface area is 110 Å². The molecule has 6 nitrogen and oxygen atoms in total. The molecule has 2 unspecified atom stereocenters. The first-order chi connectivity index (χ1) is 9.13. The standard InChI is InChI=1S/C13H14N2O4/c1-2-19-13(18)9-7-8(11(16)15-12(9)17)10-5-3-4-6-14-10/h3-6,8-9H,2,7H2,1H3,(H,15,16,17). The number of imide groups is 1. The summed E-state index contributed by atoms with van der Waals surface area (Å²) in [5.74, 6) is -3.19. The zero-order chi connectivity index (χ0) is 13.8. The van der Waals surface area contributed by atoms with E-state index in [-0.39, 0.29) is 13.0 Å². The molecule has 2 atom stereocenters. The molecule has 0 radical (unpaired) electrons. The summed E-state index contributed by atoms with van der Waals surface area (Å²) in [4.78, 5) is 39.2. The minimum Gasteiger partial charge on any atom is -0.465 e. The van der Waals surface area contributed by atoms with Crippen molar-refractivity contribution in [2.45, 2.75) is 19.3 Å². The van der Waals surface area contributed by atoms with Gasteiger partial charge in [0.15, 0.2) is 0 Å². The highest BCUT2D eigenvalue weighted by atomic mass is 16.5. The predicted octanol–water partition coefficient (Wildman–Crippen LogP) is 0.391. The lowest BCUT2D eigenvalue weighted by molar-refractivity contribution is -0.155. The van der Waals surface area contributed by atoms with E-state index >= 15 is 0 Å². The molecule has 1 aliphatic heterocycles. The molecule has 2 heterocycles. The zero-order valence-corrected chi connectivity index (χ0v) is 10.5. The monoisotopic (exact) mass is 262 g/mol. The Morgan fingerprint density at radius 2 is 2.21 bits per heavy atom. The van der Waals surface area contributed by atoms with E-state index < -0.39 is 29.6 Å². The lowest BCUT2D eigenvalue weighted by atomic mass is 9.87. The van der Waals surface area contributed by atoms with Crippen molar-refractivity contribution in [2.75, 3.05) is 6.61 Å². The molecular formula is C13H14N2O4. The minimum atomic E-state index is -0.954. The van der Waals surface area contributed by atoms with Gasteiger partial charge < -0.3 is 4.74 Å². The van der Waals surface area contributed by atoms with Crippen molar-refractivity contribution in [3.8, 4) is 0 Å². The number of piperidine rings is 1. The second-order valence-electron chi connectivity index (χ2n) is 4.20. The topological polar surface area (TPSA) is 85.4 Å². The van der Waals surface area contributed by atoms with Crippen molar-refractivity contribution < 1.29 is 19.1 Å². The first kappa shape index (κ1) is 13.2. The number of pyridine rings is 1. The molecule has 0 aliphatic carbocycles. The molecule has 1 aromatic heterocycles. The van der Waals surface area contributed by atoms with Crippen LogP contribution >= 0.6 is 0 Å². The van der Waals surface area contributed by atoms with Crippen LogP contribution in [0, 0.1) is 5.92 Å². The van der Waals surface area contributed by atoms with Crippen molar-refractivity contribution in [3.63, 3.8) is 0 Å². The number of nitrogens with zero attached hydrogens (tertiary/aromatic N) is 1. The van der Waals surface area contributed by atoms with Gasteiger partial charge in [0, 0.05) is 6.20 Å². The summed E-state index contributed by atoms with van der Waals surface area (Å²) < 4.78 is 4.84. The van der Waals surface area contributed by atoms with Crippen LogP contribution < -0.4 is 5.32 Å². The van der Waals surface area contributed by atoms with Gasteiger partial charge in [-0.3, -0.25) is 24.7 Å². The summed E-state index contributed by atoms with van der Waals surface area (Å²) in [6, 6.07) is 5.19. The van der Waals surface area contributed by atoms with Crippen LogP contribution in [0.5, 0.6) is 0 Å². The highest BCUT2D eigenvalue weighted by molar-refractivity contribution is 6.09. The van der Waals surface area contributed by atoms with Crippen molar-refractivity contribution >= 4 is 17.8 Å². The molecule has 1 aliphatic rings. The van der Waals surface area contributed by atoms with Gasteiger partial charge in [-0.1, -0.05) is 6.07 Å². The fraction of sp³-hybridized carbons (Fsp3) is 0.385. The van der Waals surface area contributed by atoms with Gasteiger partial charge in [-0.15, -0.1) is 0 Å². The Kier molecular flexibility index (Phi) is 3.89. The van der Waals surface area contributed by atoms with Crippen LogP contribution in [0.4, 0.5) is 0 Å². The molecule has 6 heteroatoms. The smallest absolute Gasteiger partial charge is 0.318 e. The maximum absolute atomic E-state index is 11.8. The molecule has 1 N–H and O–H groups in total. The summed E-state index contributed by atoms with van der Waals surface area (Å²) in [6.07, 6.45) is 1.67. The van der Waals surface area contributed by atoms with Gasteiger partial charge in [0.05, 0.1) is 18.2 Å². The first-order valence-corrected chi connectivity index (χ1v) is 6.05. The van der Waals surface area contributed by atoms with E-state index in [1.165, 1.54) is 0 Å². The van der Waals surface area contributed by atoms with E-state index in [9.17, 15) is 14.4 Å². The average Bonchev–Trinajstić information content (AvgIpc) is 2.40. The Hall–Kier alpha value is -2.24. The number of hydrogen-bond donors (Lipinski definition) is 1. The normalized spacial score (nSPS) is 22.8. The van der Waals surface area contributed by atoms with Crippen LogP contribution in [0.2, 0.25) is 0 Å². The molecule has 19 heavy (non-hydrogen) atoms. The molecule has 2 amide bonds. The van der Waals surface area contributed by atoms with E-state index in [0.29, 0.717) is 5.69 Å². The highest BCUT2D eigenvalue weighted by Gasteiger charge is 2.40. The Balaban J connectivity index is 2.20. The number of carbonyl (C=O) groups excluding carboxylic acids is 3. The number of nitrogens with one attached hydrogen (secondary N) is 1. The molecule has 1 aromatic rings. The minimum absolute atomic E-state index is 0.0977. The Morgan fingerprint density at radius 3 is 2.84 bits per heavy atom. The third kappa shape index (κ3) is 2.78. The number of carbonyl (C=O) groups is 3.